The molecule has 4 aromatic carbocycles. The van der Waals surface area contributed by atoms with Crippen LogP contribution in [0.5, 0.6) is 11.5 Å². The molecule has 0 aliphatic rings. The number of hydrogen-bond acceptors (Lipinski definition) is 4. The van der Waals surface area contributed by atoms with Gasteiger partial charge in [-0.1, -0.05) is 83.9 Å². The van der Waals surface area contributed by atoms with Gasteiger partial charge in [0.25, 0.3) is 0 Å². The molecule has 4 aromatic rings. The number of aromatic hydroxyl groups is 2. The lowest BCUT2D eigenvalue weighted by Crippen LogP contribution is -2.07. The van der Waals surface area contributed by atoms with Crippen molar-refractivity contribution in [2.75, 3.05) is 0 Å². The molecule has 0 radical (unpaired) electrons. The monoisotopic (exact) mass is 460 g/mol. The Morgan fingerprint density at radius 3 is 1.28 bits per heavy atom. The molecule has 0 heterocycles. The van der Waals surface area contributed by atoms with Crippen molar-refractivity contribution in [2.45, 2.75) is 0 Å². The lowest BCUT2D eigenvalue weighted by molar-refractivity contribution is 0.473. The highest BCUT2D eigenvalue weighted by Gasteiger charge is 2.15. The Balaban J connectivity index is 1.96. The molecule has 0 saturated carbocycles. The molecule has 32 heavy (non-hydrogen) atoms. The normalized spacial score (nSPS) is 12.1. The molecule has 4 rings (SSSR count). The third kappa shape index (κ3) is 4.83. The predicted molar refractivity (Wildman–Crippen MR) is 130 cm³/mol. The molecule has 6 heteroatoms. The first-order valence-electron chi connectivity index (χ1n) is 9.77. The highest BCUT2D eigenvalue weighted by Crippen LogP contribution is 2.27. The Hall–Kier alpha value is -3.60. The molecule has 0 spiro atoms. The fourth-order valence-electron chi connectivity index (χ4n) is 3.22. The van der Waals surface area contributed by atoms with Crippen LogP contribution in [0.2, 0.25) is 10.0 Å². The maximum Gasteiger partial charge on any atom is 0.125 e. The highest BCUT2D eigenvalue weighted by atomic mass is 35.5. The Bertz CT molecular complexity index is 1200. The van der Waals surface area contributed by atoms with Gasteiger partial charge in [0.05, 0.1) is 0 Å². The summed E-state index contributed by atoms with van der Waals surface area (Å²) in [6, 6.07) is 28.3. The number of halogens is 2. The molecule has 0 bridgehead atoms. The summed E-state index contributed by atoms with van der Waals surface area (Å²) < 4.78 is 0. The second kappa shape index (κ2) is 9.69. The smallest absolute Gasteiger partial charge is 0.125 e. The van der Waals surface area contributed by atoms with Crippen molar-refractivity contribution in [3.8, 4) is 11.5 Å². The molecule has 0 aliphatic heterocycles. The third-order valence-electron chi connectivity index (χ3n) is 4.77. The summed E-state index contributed by atoms with van der Waals surface area (Å²) in [5, 5.41) is 31.0. The van der Waals surface area contributed by atoms with Crippen molar-refractivity contribution < 1.29 is 10.2 Å². The van der Waals surface area contributed by atoms with Crippen LogP contribution < -0.4 is 0 Å². The van der Waals surface area contributed by atoms with E-state index in [0.29, 0.717) is 32.6 Å². The largest absolute Gasteiger partial charge is 0.507 e. The van der Waals surface area contributed by atoms with Gasteiger partial charge in [-0.2, -0.15) is 0 Å². The molecule has 0 atom stereocenters. The molecule has 0 fully saturated rings. The van der Waals surface area contributed by atoms with Crippen molar-refractivity contribution in [2.24, 2.45) is 10.2 Å². The van der Waals surface area contributed by atoms with Crippen LogP contribution in [0.3, 0.4) is 0 Å². The molecule has 158 valence electrons. The van der Waals surface area contributed by atoms with Gasteiger partial charge in [0.1, 0.15) is 22.9 Å². The molecule has 0 amide bonds. The van der Waals surface area contributed by atoms with E-state index in [1.807, 2.05) is 60.7 Å². The third-order valence-corrected chi connectivity index (χ3v) is 5.24. The molecule has 0 saturated heterocycles. The SMILES string of the molecule is Oc1ccc(Cl)cc1/C(=N\N=C(\c1ccccc1)c1cc(Cl)ccc1O)c1ccccc1. The molecule has 2 N–H and O–H groups in total. The van der Waals surface area contributed by atoms with Gasteiger partial charge in [-0.15, -0.1) is 10.2 Å². The van der Waals surface area contributed by atoms with E-state index in [1.54, 1.807) is 24.3 Å². The lowest BCUT2D eigenvalue weighted by atomic mass is 10.0. The van der Waals surface area contributed by atoms with E-state index in [-0.39, 0.29) is 11.5 Å². The Kier molecular flexibility index (Phi) is 6.55. The van der Waals surface area contributed by atoms with Crippen molar-refractivity contribution in [3.05, 3.63) is 129 Å². The fraction of sp³-hybridized carbons (Fsp3) is 0. The van der Waals surface area contributed by atoms with Crippen LogP contribution in [0.4, 0.5) is 0 Å². The maximum atomic E-state index is 10.5. The van der Waals surface area contributed by atoms with Crippen molar-refractivity contribution in [1.82, 2.24) is 0 Å². The summed E-state index contributed by atoms with van der Waals surface area (Å²) in [6.45, 7) is 0. The van der Waals surface area contributed by atoms with E-state index >= 15 is 0 Å². The van der Waals surface area contributed by atoms with E-state index in [9.17, 15) is 10.2 Å². The van der Waals surface area contributed by atoms with Crippen LogP contribution in [0.25, 0.3) is 0 Å². The number of nitrogens with zero attached hydrogens (tertiary/aromatic N) is 2. The van der Waals surface area contributed by atoms with Crippen LogP contribution in [0.15, 0.2) is 107 Å². The Morgan fingerprint density at radius 1 is 0.531 bits per heavy atom. The molecule has 4 nitrogen and oxygen atoms in total. The van der Waals surface area contributed by atoms with Gasteiger partial charge < -0.3 is 10.2 Å². The first kappa shape index (κ1) is 21.6. The van der Waals surface area contributed by atoms with Crippen LogP contribution in [0.1, 0.15) is 22.3 Å². The topological polar surface area (TPSA) is 65.2 Å². The van der Waals surface area contributed by atoms with E-state index < -0.39 is 0 Å². The quantitative estimate of drug-likeness (QED) is 0.257. The lowest BCUT2D eigenvalue weighted by Gasteiger charge is -2.11. The molecule has 0 unspecified atom stereocenters. The van der Waals surface area contributed by atoms with E-state index in [0.717, 1.165) is 11.1 Å². The summed E-state index contributed by atoms with van der Waals surface area (Å²) in [4.78, 5) is 0. The zero-order valence-electron chi connectivity index (χ0n) is 16.8. The average Bonchev–Trinajstić information content (AvgIpc) is 2.82. The van der Waals surface area contributed by atoms with Crippen molar-refractivity contribution in [3.63, 3.8) is 0 Å². The summed E-state index contributed by atoms with van der Waals surface area (Å²) >= 11 is 12.4. The first-order valence-corrected chi connectivity index (χ1v) is 10.5. The summed E-state index contributed by atoms with van der Waals surface area (Å²) in [5.74, 6) is 0.0538. The van der Waals surface area contributed by atoms with E-state index in [2.05, 4.69) is 10.2 Å². The van der Waals surface area contributed by atoms with Gasteiger partial charge in [0.2, 0.25) is 0 Å². The highest BCUT2D eigenvalue weighted by molar-refractivity contribution is 6.32. The average molecular weight is 461 g/mol. The number of benzene rings is 4. The molecule has 0 aromatic heterocycles. The zero-order valence-corrected chi connectivity index (χ0v) is 18.3. The van der Waals surface area contributed by atoms with Crippen LogP contribution in [-0.4, -0.2) is 21.6 Å². The fourth-order valence-corrected chi connectivity index (χ4v) is 3.57. The van der Waals surface area contributed by atoms with Gasteiger partial charge >= 0.3 is 0 Å². The summed E-state index contributed by atoms with van der Waals surface area (Å²) in [6.07, 6.45) is 0. The standard InChI is InChI=1S/C26H18Cl2N2O2/c27-19-11-13-23(31)21(15-19)25(17-7-3-1-4-8-17)29-30-26(18-9-5-2-6-10-18)22-16-20(28)12-14-24(22)32/h1-16,31-32H/b29-25-,30-26-. The second-order valence-electron chi connectivity index (χ2n) is 6.95. The van der Waals surface area contributed by atoms with Crippen LogP contribution in [-0.2, 0) is 0 Å². The van der Waals surface area contributed by atoms with E-state index in [4.69, 9.17) is 23.2 Å². The summed E-state index contributed by atoms with van der Waals surface area (Å²) in [5.41, 5.74) is 3.24. The van der Waals surface area contributed by atoms with E-state index in [1.165, 1.54) is 12.1 Å². The minimum Gasteiger partial charge on any atom is -0.507 e. The maximum absolute atomic E-state index is 10.5. The second-order valence-corrected chi connectivity index (χ2v) is 7.83. The number of hydrogen-bond donors (Lipinski definition) is 2. The zero-order chi connectivity index (χ0) is 22.5. The van der Waals surface area contributed by atoms with Crippen LogP contribution >= 0.6 is 23.2 Å². The van der Waals surface area contributed by atoms with Gasteiger partial charge in [-0.25, -0.2) is 0 Å². The number of phenols is 2. The van der Waals surface area contributed by atoms with Gasteiger partial charge in [0, 0.05) is 32.3 Å². The molecule has 0 aliphatic carbocycles. The van der Waals surface area contributed by atoms with Gasteiger partial charge in [-0.3, -0.25) is 0 Å². The van der Waals surface area contributed by atoms with Crippen molar-refractivity contribution >= 4 is 34.6 Å². The Morgan fingerprint density at radius 2 is 0.906 bits per heavy atom. The Labute approximate surface area is 195 Å². The number of phenolic OH excluding ortho intramolecular Hbond substituents is 2. The predicted octanol–water partition coefficient (Wildman–Crippen LogP) is 6.69. The minimum atomic E-state index is 0.0269. The van der Waals surface area contributed by atoms with Crippen molar-refractivity contribution in [1.29, 1.82) is 0 Å². The summed E-state index contributed by atoms with van der Waals surface area (Å²) in [7, 11) is 0. The molecular weight excluding hydrogens is 443 g/mol. The first-order chi connectivity index (χ1) is 15.5. The number of rotatable bonds is 5. The van der Waals surface area contributed by atoms with Gasteiger partial charge in [0.15, 0.2) is 0 Å². The molecular formula is C26H18Cl2N2O2. The van der Waals surface area contributed by atoms with Crippen LogP contribution in [0, 0.1) is 0 Å². The minimum absolute atomic E-state index is 0.0269. The van der Waals surface area contributed by atoms with Gasteiger partial charge in [-0.05, 0) is 36.4 Å².